The maximum absolute atomic E-state index is 11.9. The Balaban J connectivity index is 1.90. The van der Waals surface area contributed by atoms with Gasteiger partial charge in [-0.05, 0) is 31.2 Å². The molecule has 0 bridgehead atoms. The quantitative estimate of drug-likeness (QED) is 0.883. The minimum atomic E-state index is -0.186. The van der Waals surface area contributed by atoms with Crippen LogP contribution in [0.4, 0.5) is 0 Å². The Morgan fingerprint density at radius 2 is 2.17 bits per heavy atom. The van der Waals surface area contributed by atoms with Gasteiger partial charge in [-0.1, -0.05) is 6.92 Å². The Morgan fingerprint density at radius 1 is 1.33 bits per heavy atom. The van der Waals surface area contributed by atoms with Crippen molar-refractivity contribution >= 4 is 5.91 Å². The summed E-state index contributed by atoms with van der Waals surface area (Å²) >= 11 is 0. The predicted molar refractivity (Wildman–Crippen MR) is 67.4 cm³/mol. The highest BCUT2D eigenvalue weighted by molar-refractivity contribution is 5.91. The van der Waals surface area contributed by atoms with E-state index in [9.17, 15) is 4.79 Å². The summed E-state index contributed by atoms with van der Waals surface area (Å²) in [6.07, 6.45) is 3.08. The molecule has 0 aromatic carbocycles. The molecule has 2 aromatic heterocycles. The molecule has 0 saturated heterocycles. The lowest BCUT2D eigenvalue weighted by molar-refractivity contribution is 0.0909. The smallest absolute Gasteiger partial charge is 0.287 e. The molecule has 0 radical (unpaired) electrons. The molecule has 0 aliphatic carbocycles. The van der Waals surface area contributed by atoms with E-state index in [1.54, 1.807) is 12.3 Å². The van der Waals surface area contributed by atoms with Gasteiger partial charge in [0, 0.05) is 18.9 Å². The van der Waals surface area contributed by atoms with E-state index < -0.39 is 0 Å². The fraction of sp³-hybridized carbons (Fsp3) is 0.357. The number of hydrogen-bond donors (Lipinski definition) is 1. The summed E-state index contributed by atoms with van der Waals surface area (Å²) in [5, 5.41) is 2.88. The van der Waals surface area contributed by atoms with Crippen molar-refractivity contribution in [1.29, 1.82) is 0 Å². The fourth-order valence-electron chi connectivity index (χ4n) is 1.77. The van der Waals surface area contributed by atoms with E-state index in [0.29, 0.717) is 12.2 Å². The van der Waals surface area contributed by atoms with Gasteiger partial charge in [0.25, 0.3) is 5.91 Å². The normalized spacial score (nSPS) is 12.3. The zero-order valence-corrected chi connectivity index (χ0v) is 10.6. The first-order valence-electron chi connectivity index (χ1n) is 6.11. The monoisotopic (exact) mass is 247 g/mol. The molecule has 2 aromatic rings. The van der Waals surface area contributed by atoms with E-state index >= 15 is 0 Å². The first-order chi connectivity index (χ1) is 8.69. The van der Waals surface area contributed by atoms with Gasteiger partial charge in [0.15, 0.2) is 5.76 Å². The number of carbonyl (C=O) groups excluding carboxylic acids is 1. The molecule has 4 nitrogen and oxygen atoms in total. The first-order valence-corrected chi connectivity index (χ1v) is 6.11. The van der Waals surface area contributed by atoms with Crippen molar-refractivity contribution in [2.24, 2.45) is 0 Å². The van der Waals surface area contributed by atoms with Crippen molar-refractivity contribution in [2.75, 3.05) is 0 Å². The molecule has 18 heavy (non-hydrogen) atoms. The van der Waals surface area contributed by atoms with E-state index in [-0.39, 0.29) is 11.9 Å². The first kappa shape index (κ1) is 12.5. The summed E-state index contributed by atoms with van der Waals surface area (Å²) in [6.45, 7) is 3.92. The van der Waals surface area contributed by atoms with Crippen LogP contribution in [0, 0.1) is 0 Å². The molecular weight excluding hydrogens is 230 g/mol. The number of rotatable bonds is 5. The van der Waals surface area contributed by atoms with Crippen molar-refractivity contribution < 1.29 is 13.6 Å². The summed E-state index contributed by atoms with van der Waals surface area (Å²) in [5.74, 6) is 1.85. The molecule has 1 amide bonds. The Kier molecular flexibility index (Phi) is 3.87. The molecule has 0 spiro atoms. The SMILES string of the molecule is CCc1ccc(C(=O)NC(C)Cc2ccco2)o1. The highest BCUT2D eigenvalue weighted by Crippen LogP contribution is 2.09. The van der Waals surface area contributed by atoms with Crippen LogP contribution < -0.4 is 5.32 Å². The summed E-state index contributed by atoms with van der Waals surface area (Å²) < 4.78 is 10.6. The van der Waals surface area contributed by atoms with Gasteiger partial charge in [-0.2, -0.15) is 0 Å². The van der Waals surface area contributed by atoms with Crippen LogP contribution in [0.5, 0.6) is 0 Å². The molecule has 1 N–H and O–H groups in total. The minimum Gasteiger partial charge on any atom is -0.469 e. The van der Waals surface area contributed by atoms with E-state index in [4.69, 9.17) is 8.83 Å². The van der Waals surface area contributed by atoms with E-state index in [2.05, 4.69) is 5.32 Å². The van der Waals surface area contributed by atoms with Crippen molar-refractivity contribution in [3.8, 4) is 0 Å². The standard InChI is InChI=1S/C14H17NO3/c1-3-11-6-7-13(18-11)14(16)15-10(2)9-12-5-4-8-17-12/h4-8,10H,3,9H2,1-2H3,(H,15,16). The fourth-order valence-corrected chi connectivity index (χ4v) is 1.77. The van der Waals surface area contributed by atoms with Crippen LogP contribution in [0.3, 0.4) is 0 Å². The molecule has 1 unspecified atom stereocenters. The van der Waals surface area contributed by atoms with E-state index in [1.807, 2.05) is 32.0 Å². The summed E-state index contributed by atoms with van der Waals surface area (Å²) in [4.78, 5) is 11.9. The number of amides is 1. The van der Waals surface area contributed by atoms with Crippen LogP contribution in [0.2, 0.25) is 0 Å². The predicted octanol–water partition coefficient (Wildman–Crippen LogP) is 2.80. The molecule has 0 saturated carbocycles. The third kappa shape index (κ3) is 3.03. The van der Waals surface area contributed by atoms with Gasteiger partial charge < -0.3 is 14.2 Å². The zero-order valence-electron chi connectivity index (χ0n) is 10.6. The number of carbonyl (C=O) groups is 1. The van der Waals surface area contributed by atoms with Crippen LogP contribution >= 0.6 is 0 Å². The van der Waals surface area contributed by atoms with Crippen LogP contribution in [-0.4, -0.2) is 11.9 Å². The summed E-state index contributed by atoms with van der Waals surface area (Å²) in [5.41, 5.74) is 0. The van der Waals surface area contributed by atoms with Gasteiger partial charge in [0.2, 0.25) is 0 Å². The maximum Gasteiger partial charge on any atom is 0.287 e. The lowest BCUT2D eigenvalue weighted by Gasteiger charge is -2.11. The molecule has 0 aliphatic rings. The van der Waals surface area contributed by atoms with E-state index in [0.717, 1.165) is 17.9 Å². The van der Waals surface area contributed by atoms with Gasteiger partial charge in [-0.25, -0.2) is 0 Å². The highest BCUT2D eigenvalue weighted by Gasteiger charge is 2.14. The van der Waals surface area contributed by atoms with E-state index in [1.165, 1.54) is 0 Å². The number of nitrogens with one attached hydrogen (secondary N) is 1. The molecule has 0 fully saturated rings. The van der Waals surface area contributed by atoms with Crippen molar-refractivity contribution in [1.82, 2.24) is 5.32 Å². The van der Waals surface area contributed by atoms with Crippen LogP contribution in [0.15, 0.2) is 39.4 Å². The highest BCUT2D eigenvalue weighted by atomic mass is 16.4. The summed E-state index contributed by atoms with van der Waals surface area (Å²) in [7, 11) is 0. The average molecular weight is 247 g/mol. The largest absolute Gasteiger partial charge is 0.469 e. The Labute approximate surface area is 106 Å². The second-order valence-electron chi connectivity index (χ2n) is 4.28. The molecule has 2 heterocycles. The second-order valence-corrected chi connectivity index (χ2v) is 4.28. The molecule has 1 atom stereocenters. The molecule has 0 aliphatic heterocycles. The topological polar surface area (TPSA) is 55.4 Å². The van der Waals surface area contributed by atoms with Crippen molar-refractivity contribution in [2.45, 2.75) is 32.7 Å². The molecule has 96 valence electrons. The minimum absolute atomic E-state index is 0.00109. The lowest BCUT2D eigenvalue weighted by atomic mass is 10.2. The summed E-state index contributed by atoms with van der Waals surface area (Å²) in [6, 6.07) is 7.26. The molecular formula is C14H17NO3. The van der Waals surface area contributed by atoms with Crippen molar-refractivity contribution in [3.63, 3.8) is 0 Å². The second kappa shape index (κ2) is 5.58. The maximum atomic E-state index is 11.9. The third-order valence-corrected chi connectivity index (χ3v) is 2.70. The van der Waals surface area contributed by atoms with Crippen LogP contribution in [-0.2, 0) is 12.8 Å². The number of aryl methyl sites for hydroxylation is 1. The molecule has 4 heteroatoms. The molecule has 2 rings (SSSR count). The number of furan rings is 2. The Hall–Kier alpha value is -1.97. The number of hydrogen-bond acceptors (Lipinski definition) is 3. The zero-order chi connectivity index (χ0) is 13.0. The van der Waals surface area contributed by atoms with Gasteiger partial charge in [0.1, 0.15) is 11.5 Å². The Morgan fingerprint density at radius 3 is 2.78 bits per heavy atom. The van der Waals surface area contributed by atoms with Crippen LogP contribution in [0.1, 0.15) is 35.9 Å². The Bertz CT molecular complexity index is 499. The van der Waals surface area contributed by atoms with Gasteiger partial charge in [-0.15, -0.1) is 0 Å². The lowest BCUT2D eigenvalue weighted by Crippen LogP contribution is -2.33. The van der Waals surface area contributed by atoms with Gasteiger partial charge >= 0.3 is 0 Å². The van der Waals surface area contributed by atoms with Gasteiger partial charge in [-0.3, -0.25) is 4.79 Å². The van der Waals surface area contributed by atoms with Crippen molar-refractivity contribution in [3.05, 3.63) is 47.8 Å². The van der Waals surface area contributed by atoms with Crippen LogP contribution in [0.25, 0.3) is 0 Å². The van der Waals surface area contributed by atoms with Gasteiger partial charge in [0.05, 0.1) is 6.26 Å². The average Bonchev–Trinajstić information content (AvgIpc) is 2.98. The third-order valence-electron chi connectivity index (χ3n) is 2.70.